The second kappa shape index (κ2) is 9.86. The van der Waals surface area contributed by atoms with E-state index in [0.717, 1.165) is 26.2 Å². The van der Waals surface area contributed by atoms with E-state index in [4.69, 9.17) is 4.74 Å². The van der Waals surface area contributed by atoms with Gasteiger partial charge in [0.05, 0.1) is 12.7 Å². The predicted molar refractivity (Wildman–Crippen MR) is 75.5 cm³/mol. The quantitative estimate of drug-likeness (QED) is 0.597. The van der Waals surface area contributed by atoms with Gasteiger partial charge in [-0.1, -0.05) is 20.8 Å². The van der Waals surface area contributed by atoms with Crippen molar-refractivity contribution in [2.24, 2.45) is 5.92 Å². The molecule has 1 atom stereocenters. The Kier molecular flexibility index (Phi) is 9.79. The van der Waals surface area contributed by atoms with E-state index in [1.807, 2.05) is 0 Å². The normalized spacial score (nSPS) is 13.9. The standard InChI is InChI=1S/C14H32N2O/c1-7-8-15-11-14(12(2)3)16(6)9-10-17-13(4)5/h12-15H,7-11H2,1-6H3. The average Bonchev–Trinajstić information content (AvgIpc) is 2.23. The van der Waals surface area contributed by atoms with Crippen LogP contribution in [0.4, 0.5) is 0 Å². The molecule has 0 fully saturated rings. The Balaban J connectivity index is 3.92. The van der Waals surface area contributed by atoms with Gasteiger partial charge in [0.2, 0.25) is 0 Å². The molecule has 104 valence electrons. The van der Waals surface area contributed by atoms with Gasteiger partial charge in [0.15, 0.2) is 0 Å². The Bertz CT molecular complexity index is 172. The van der Waals surface area contributed by atoms with Crippen LogP contribution in [0.3, 0.4) is 0 Å². The first-order valence-electron chi connectivity index (χ1n) is 7.01. The summed E-state index contributed by atoms with van der Waals surface area (Å²) in [6.07, 6.45) is 1.53. The van der Waals surface area contributed by atoms with E-state index in [-0.39, 0.29) is 0 Å². The van der Waals surface area contributed by atoms with E-state index in [2.05, 4.69) is 51.9 Å². The molecule has 3 nitrogen and oxygen atoms in total. The van der Waals surface area contributed by atoms with Crippen molar-refractivity contribution >= 4 is 0 Å². The summed E-state index contributed by atoms with van der Waals surface area (Å²) in [5.74, 6) is 0.670. The van der Waals surface area contributed by atoms with Gasteiger partial charge in [-0.3, -0.25) is 4.90 Å². The number of likely N-dealkylation sites (N-methyl/N-ethyl adjacent to an activating group) is 1. The van der Waals surface area contributed by atoms with Gasteiger partial charge in [0, 0.05) is 19.1 Å². The zero-order chi connectivity index (χ0) is 13.3. The highest BCUT2D eigenvalue weighted by atomic mass is 16.5. The number of nitrogens with zero attached hydrogens (tertiary/aromatic N) is 1. The Hall–Kier alpha value is -0.120. The molecule has 0 aliphatic carbocycles. The van der Waals surface area contributed by atoms with E-state index in [1.54, 1.807) is 0 Å². The van der Waals surface area contributed by atoms with Crippen LogP contribution in [0.1, 0.15) is 41.0 Å². The van der Waals surface area contributed by atoms with Gasteiger partial charge in [-0.2, -0.15) is 0 Å². The van der Waals surface area contributed by atoms with Crippen LogP contribution in [0.25, 0.3) is 0 Å². The Morgan fingerprint density at radius 2 is 1.82 bits per heavy atom. The van der Waals surface area contributed by atoms with Crippen molar-refractivity contribution in [3.8, 4) is 0 Å². The van der Waals surface area contributed by atoms with Crippen molar-refractivity contribution in [1.29, 1.82) is 0 Å². The smallest absolute Gasteiger partial charge is 0.0596 e. The lowest BCUT2D eigenvalue weighted by Gasteiger charge is -2.31. The van der Waals surface area contributed by atoms with Crippen LogP contribution in [0.5, 0.6) is 0 Å². The van der Waals surface area contributed by atoms with Gasteiger partial charge >= 0.3 is 0 Å². The monoisotopic (exact) mass is 244 g/mol. The molecule has 0 bridgehead atoms. The minimum atomic E-state index is 0.333. The van der Waals surface area contributed by atoms with Gasteiger partial charge < -0.3 is 10.1 Å². The van der Waals surface area contributed by atoms with Crippen LogP contribution in [0.2, 0.25) is 0 Å². The number of rotatable bonds is 10. The van der Waals surface area contributed by atoms with E-state index >= 15 is 0 Å². The molecule has 1 unspecified atom stereocenters. The molecule has 0 amide bonds. The molecule has 17 heavy (non-hydrogen) atoms. The van der Waals surface area contributed by atoms with E-state index < -0.39 is 0 Å². The number of nitrogens with one attached hydrogen (secondary N) is 1. The molecule has 1 N–H and O–H groups in total. The van der Waals surface area contributed by atoms with Crippen molar-refractivity contribution in [3.05, 3.63) is 0 Å². The zero-order valence-corrected chi connectivity index (χ0v) is 12.6. The van der Waals surface area contributed by atoms with Crippen LogP contribution in [-0.2, 0) is 4.74 Å². The van der Waals surface area contributed by atoms with Crippen LogP contribution >= 0.6 is 0 Å². The van der Waals surface area contributed by atoms with E-state index in [9.17, 15) is 0 Å². The molecular weight excluding hydrogens is 212 g/mol. The first-order chi connectivity index (χ1) is 7.99. The summed E-state index contributed by atoms with van der Waals surface area (Å²) in [6, 6.07) is 0.595. The third kappa shape index (κ3) is 8.58. The lowest BCUT2D eigenvalue weighted by molar-refractivity contribution is 0.0506. The molecule has 0 radical (unpaired) electrons. The highest BCUT2D eigenvalue weighted by Crippen LogP contribution is 2.08. The van der Waals surface area contributed by atoms with Gasteiger partial charge in [0.25, 0.3) is 0 Å². The molecule has 0 saturated carbocycles. The van der Waals surface area contributed by atoms with Gasteiger partial charge in [-0.05, 0) is 39.8 Å². The molecule has 0 aliphatic rings. The summed E-state index contributed by atoms with van der Waals surface area (Å²) >= 11 is 0. The summed E-state index contributed by atoms with van der Waals surface area (Å²) in [6.45, 7) is 15.0. The Morgan fingerprint density at radius 1 is 1.18 bits per heavy atom. The van der Waals surface area contributed by atoms with Crippen LogP contribution in [0.15, 0.2) is 0 Å². The molecule has 0 aliphatic heterocycles. The average molecular weight is 244 g/mol. The van der Waals surface area contributed by atoms with Crippen LogP contribution in [-0.4, -0.2) is 50.3 Å². The third-order valence-corrected chi connectivity index (χ3v) is 3.01. The van der Waals surface area contributed by atoms with E-state index in [1.165, 1.54) is 6.42 Å². The number of ether oxygens (including phenoxy) is 1. The minimum absolute atomic E-state index is 0.333. The van der Waals surface area contributed by atoms with Crippen molar-refractivity contribution in [2.75, 3.05) is 33.3 Å². The summed E-state index contributed by atoms with van der Waals surface area (Å²) in [7, 11) is 2.20. The zero-order valence-electron chi connectivity index (χ0n) is 12.6. The molecule has 0 heterocycles. The maximum Gasteiger partial charge on any atom is 0.0596 e. The molecule has 3 heteroatoms. The van der Waals surface area contributed by atoms with Crippen molar-refractivity contribution in [2.45, 2.75) is 53.2 Å². The molecular formula is C14H32N2O. The third-order valence-electron chi connectivity index (χ3n) is 3.01. The van der Waals surface area contributed by atoms with Gasteiger partial charge in [0.1, 0.15) is 0 Å². The number of hydrogen-bond acceptors (Lipinski definition) is 3. The fourth-order valence-corrected chi connectivity index (χ4v) is 1.93. The predicted octanol–water partition coefficient (Wildman–Crippen LogP) is 2.37. The second-order valence-corrected chi connectivity index (χ2v) is 5.42. The van der Waals surface area contributed by atoms with Crippen LogP contribution < -0.4 is 5.32 Å². The molecule has 0 aromatic heterocycles. The Labute approximate surface area is 108 Å². The summed E-state index contributed by atoms with van der Waals surface area (Å²) < 4.78 is 5.61. The van der Waals surface area contributed by atoms with Crippen molar-refractivity contribution in [3.63, 3.8) is 0 Å². The first kappa shape index (κ1) is 16.9. The fourth-order valence-electron chi connectivity index (χ4n) is 1.93. The molecule has 0 aromatic carbocycles. The lowest BCUT2D eigenvalue weighted by Crippen LogP contribution is -2.45. The van der Waals surface area contributed by atoms with Crippen molar-refractivity contribution in [1.82, 2.24) is 10.2 Å². The van der Waals surface area contributed by atoms with Crippen LogP contribution in [0, 0.1) is 5.92 Å². The summed E-state index contributed by atoms with van der Waals surface area (Å²) in [5, 5.41) is 3.51. The molecule has 0 saturated heterocycles. The van der Waals surface area contributed by atoms with E-state index in [0.29, 0.717) is 18.1 Å². The highest BCUT2D eigenvalue weighted by Gasteiger charge is 2.17. The minimum Gasteiger partial charge on any atom is -0.377 e. The number of hydrogen-bond donors (Lipinski definition) is 1. The topological polar surface area (TPSA) is 24.5 Å². The lowest BCUT2D eigenvalue weighted by atomic mass is 10.0. The Morgan fingerprint density at radius 3 is 2.29 bits per heavy atom. The molecule has 0 rings (SSSR count). The fraction of sp³-hybridized carbons (Fsp3) is 1.00. The highest BCUT2D eigenvalue weighted by molar-refractivity contribution is 4.74. The largest absolute Gasteiger partial charge is 0.377 e. The molecule has 0 spiro atoms. The molecule has 0 aromatic rings. The SMILES string of the molecule is CCCNCC(C(C)C)N(C)CCOC(C)C. The van der Waals surface area contributed by atoms with Gasteiger partial charge in [-0.25, -0.2) is 0 Å². The second-order valence-electron chi connectivity index (χ2n) is 5.42. The summed E-state index contributed by atoms with van der Waals surface area (Å²) in [5.41, 5.74) is 0. The first-order valence-corrected chi connectivity index (χ1v) is 7.01. The van der Waals surface area contributed by atoms with Gasteiger partial charge in [-0.15, -0.1) is 0 Å². The van der Waals surface area contributed by atoms with Crippen molar-refractivity contribution < 1.29 is 4.74 Å². The summed E-state index contributed by atoms with van der Waals surface area (Å²) in [4.78, 5) is 2.41. The maximum atomic E-state index is 5.61. The maximum absolute atomic E-state index is 5.61.